The van der Waals surface area contributed by atoms with Crippen molar-refractivity contribution in [2.24, 2.45) is 5.92 Å². The van der Waals surface area contributed by atoms with E-state index in [1.807, 2.05) is 13.8 Å². The minimum absolute atomic E-state index is 0.0889. The van der Waals surface area contributed by atoms with Crippen molar-refractivity contribution >= 4 is 11.8 Å². The maximum atomic E-state index is 13.1. The number of amides is 2. The molecule has 2 atom stereocenters. The monoisotopic (exact) mass is 425 g/mol. The molecule has 6 heteroatoms. The fourth-order valence-corrected chi connectivity index (χ4v) is 3.97. The molecule has 0 spiro atoms. The summed E-state index contributed by atoms with van der Waals surface area (Å²) >= 11 is 0. The highest BCUT2D eigenvalue weighted by Crippen LogP contribution is 2.25. The van der Waals surface area contributed by atoms with E-state index < -0.39 is 11.9 Å². The highest BCUT2D eigenvalue weighted by Gasteiger charge is 2.28. The third kappa shape index (κ3) is 6.14. The molecule has 0 bridgehead atoms. The topological polar surface area (TPSA) is 61.4 Å². The molecule has 166 valence electrons. The smallest absolute Gasteiger partial charge is 0.251 e. The van der Waals surface area contributed by atoms with Crippen LogP contribution in [0.3, 0.4) is 0 Å². The molecule has 1 fully saturated rings. The minimum Gasteiger partial charge on any atom is -0.352 e. The van der Waals surface area contributed by atoms with Gasteiger partial charge in [-0.25, -0.2) is 4.39 Å². The average Bonchev–Trinajstić information content (AvgIpc) is 3.28. The van der Waals surface area contributed by atoms with Crippen LogP contribution in [0, 0.1) is 18.7 Å². The van der Waals surface area contributed by atoms with Crippen molar-refractivity contribution in [3.63, 3.8) is 0 Å². The van der Waals surface area contributed by atoms with Crippen LogP contribution in [0.1, 0.15) is 54.2 Å². The van der Waals surface area contributed by atoms with Crippen molar-refractivity contribution in [2.75, 3.05) is 19.6 Å². The van der Waals surface area contributed by atoms with Gasteiger partial charge in [0.05, 0.1) is 6.04 Å². The van der Waals surface area contributed by atoms with Gasteiger partial charge in [0.2, 0.25) is 5.91 Å². The molecule has 1 saturated heterocycles. The van der Waals surface area contributed by atoms with Gasteiger partial charge in [-0.3, -0.25) is 14.5 Å². The van der Waals surface area contributed by atoms with Crippen molar-refractivity contribution in [3.05, 3.63) is 71.0 Å². The fraction of sp³-hybridized carbons (Fsp3) is 0.440. The summed E-state index contributed by atoms with van der Waals surface area (Å²) in [5, 5.41) is 5.87. The second kappa shape index (κ2) is 10.5. The predicted molar refractivity (Wildman–Crippen MR) is 120 cm³/mol. The van der Waals surface area contributed by atoms with Gasteiger partial charge in [-0.05, 0) is 68.6 Å². The number of likely N-dealkylation sites (tertiary alicyclic amines) is 1. The number of hydrogen-bond acceptors (Lipinski definition) is 3. The maximum Gasteiger partial charge on any atom is 0.251 e. The molecule has 1 aliphatic heterocycles. The predicted octanol–water partition coefficient (Wildman–Crippen LogP) is 3.84. The standard InChI is InChI=1S/C25H32FN3O2/c1-17(2)23(28-24(30)20-10-12-21(26)13-11-20)25(31)27-16-22(29-14-4-5-15-29)19-8-6-18(3)7-9-19/h6-13,17,22-23H,4-5,14-16H2,1-3H3,(H,27,31)(H,28,30). The maximum absolute atomic E-state index is 13.1. The first-order valence-corrected chi connectivity index (χ1v) is 11.0. The van der Waals surface area contributed by atoms with E-state index in [1.165, 1.54) is 48.2 Å². The summed E-state index contributed by atoms with van der Waals surface area (Å²) in [6.45, 7) is 8.37. The van der Waals surface area contributed by atoms with Crippen LogP contribution in [0.15, 0.2) is 48.5 Å². The SMILES string of the molecule is Cc1ccc(C(CNC(=O)C(NC(=O)c2ccc(F)cc2)C(C)C)N2CCCC2)cc1. The van der Waals surface area contributed by atoms with E-state index in [0.717, 1.165) is 13.1 Å². The lowest BCUT2D eigenvalue weighted by Gasteiger charge is -2.30. The summed E-state index contributed by atoms with van der Waals surface area (Å²) in [7, 11) is 0. The highest BCUT2D eigenvalue weighted by molar-refractivity contribution is 5.97. The summed E-state index contributed by atoms with van der Waals surface area (Å²) in [6.07, 6.45) is 2.33. The molecule has 1 heterocycles. The number of aryl methyl sites for hydroxylation is 1. The van der Waals surface area contributed by atoms with Crippen molar-refractivity contribution in [2.45, 2.75) is 45.7 Å². The molecule has 2 unspecified atom stereocenters. The van der Waals surface area contributed by atoms with Crippen LogP contribution in [-0.4, -0.2) is 42.4 Å². The Labute approximate surface area is 184 Å². The third-order valence-electron chi connectivity index (χ3n) is 5.86. The highest BCUT2D eigenvalue weighted by atomic mass is 19.1. The van der Waals surface area contributed by atoms with Crippen molar-refractivity contribution in [3.8, 4) is 0 Å². The van der Waals surface area contributed by atoms with Crippen LogP contribution in [0.25, 0.3) is 0 Å². The van der Waals surface area contributed by atoms with E-state index in [-0.39, 0.29) is 23.8 Å². The van der Waals surface area contributed by atoms with Crippen molar-refractivity contribution in [1.29, 1.82) is 0 Å². The van der Waals surface area contributed by atoms with Gasteiger partial charge in [-0.2, -0.15) is 0 Å². The van der Waals surface area contributed by atoms with E-state index in [1.54, 1.807) is 0 Å². The Morgan fingerprint density at radius 1 is 1.00 bits per heavy atom. The molecule has 1 aliphatic rings. The lowest BCUT2D eigenvalue weighted by Crippen LogP contribution is -2.51. The number of halogens is 1. The van der Waals surface area contributed by atoms with E-state index in [4.69, 9.17) is 0 Å². The Morgan fingerprint density at radius 3 is 2.19 bits per heavy atom. The summed E-state index contributed by atoms with van der Waals surface area (Å²) in [6, 6.07) is 13.2. The zero-order valence-corrected chi connectivity index (χ0v) is 18.5. The number of rotatable bonds is 8. The lowest BCUT2D eigenvalue weighted by atomic mass is 10.0. The Hall–Kier alpha value is -2.73. The number of hydrogen-bond donors (Lipinski definition) is 2. The molecule has 2 aromatic carbocycles. The zero-order chi connectivity index (χ0) is 22.4. The van der Waals surface area contributed by atoms with Gasteiger partial charge in [0, 0.05) is 12.1 Å². The Kier molecular flexibility index (Phi) is 7.80. The fourth-order valence-electron chi connectivity index (χ4n) is 3.97. The summed E-state index contributed by atoms with van der Waals surface area (Å²) in [5.74, 6) is -1.09. The first kappa shape index (κ1) is 22.9. The van der Waals surface area contributed by atoms with Crippen LogP contribution in [0.4, 0.5) is 4.39 Å². The molecule has 3 rings (SSSR count). The van der Waals surface area contributed by atoms with E-state index in [0.29, 0.717) is 12.1 Å². The van der Waals surface area contributed by atoms with Gasteiger partial charge >= 0.3 is 0 Å². The van der Waals surface area contributed by atoms with Gasteiger partial charge in [0.1, 0.15) is 11.9 Å². The first-order chi connectivity index (χ1) is 14.8. The number of benzene rings is 2. The average molecular weight is 426 g/mol. The van der Waals surface area contributed by atoms with Crippen LogP contribution in [0.5, 0.6) is 0 Å². The van der Waals surface area contributed by atoms with Crippen LogP contribution < -0.4 is 10.6 Å². The molecule has 31 heavy (non-hydrogen) atoms. The molecule has 2 N–H and O–H groups in total. The number of nitrogens with one attached hydrogen (secondary N) is 2. The van der Waals surface area contributed by atoms with Gasteiger partial charge in [-0.1, -0.05) is 43.7 Å². The summed E-state index contributed by atoms with van der Waals surface area (Å²) in [5.41, 5.74) is 2.72. The van der Waals surface area contributed by atoms with Crippen molar-refractivity contribution < 1.29 is 14.0 Å². The summed E-state index contributed by atoms with van der Waals surface area (Å²) in [4.78, 5) is 28.0. The number of nitrogens with zero attached hydrogens (tertiary/aromatic N) is 1. The normalized spacial score (nSPS) is 16.2. The van der Waals surface area contributed by atoms with Crippen molar-refractivity contribution in [1.82, 2.24) is 15.5 Å². The van der Waals surface area contributed by atoms with E-state index in [2.05, 4.69) is 46.7 Å². The van der Waals surface area contributed by atoms with Gasteiger partial charge < -0.3 is 10.6 Å². The van der Waals surface area contributed by atoms with Gasteiger partial charge in [0.25, 0.3) is 5.91 Å². The molecule has 0 saturated carbocycles. The van der Waals surface area contributed by atoms with Gasteiger partial charge in [-0.15, -0.1) is 0 Å². The van der Waals surface area contributed by atoms with Gasteiger partial charge in [0.15, 0.2) is 0 Å². The number of carbonyl (C=O) groups is 2. The van der Waals surface area contributed by atoms with E-state index >= 15 is 0 Å². The van der Waals surface area contributed by atoms with Crippen LogP contribution in [-0.2, 0) is 4.79 Å². The molecule has 2 amide bonds. The van der Waals surface area contributed by atoms with Crippen LogP contribution in [0.2, 0.25) is 0 Å². The lowest BCUT2D eigenvalue weighted by molar-refractivity contribution is -0.124. The third-order valence-corrected chi connectivity index (χ3v) is 5.86. The molecule has 2 aromatic rings. The second-order valence-electron chi connectivity index (χ2n) is 8.62. The Balaban J connectivity index is 1.67. The second-order valence-corrected chi connectivity index (χ2v) is 8.62. The largest absolute Gasteiger partial charge is 0.352 e. The quantitative estimate of drug-likeness (QED) is 0.676. The molecular weight excluding hydrogens is 393 g/mol. The first-order valence-electron chi connectivity index (χ1n) is 11.0. The number of carbonyl (C=O) groups excluding carboxylic acids is 2. The molecule has 0 aromatic heterocycles. The molecule has 0 radical (unpaired) electrons. The van der Waals surface area contributed by atoms with Crippen LogP contribution >= 0.6 is 0 Å². The Morgan fingerprint density at radius 2 is 1.61 bits per heavy atom. The summed E-state index contributed by atoms with van der Waals surface area (Å²) < 4.78 is 13.1. The molecular formula is C25H32FN3O2. The van der Waals surface area contributed by atoms with E-state index in [9.17, 15) is 14.0 Å². The zero-order valence-electron chi connectivity index (χ0n) is 18.5. The molecule has 5 nitrogen and oxygen atoms in total. The minimum atomic E-state index is -0.671. The molecule has 0 aliphatic carbocycles. The Bertz CT molecular complexity index is 875.